The Bertz CT molecular complexity index is 936. The molecule has 3 aromatic rings. The molecule has 6 heteroatoms. The van der Waals surface area contributed by atoms with Crippen molar-refractivity contribution in [2.45, 2.75) is 31.6 Å². The van der Waals surface area contributed by atoms with Gasteiger partial charge in [0, 0.05) is 25.2 Å². The van der Waals surface area contributed by atoms with E-state index in [1.807, 2.05) is 24.1 Å². The Balaban J connectivity index is 1.65. The third-order valence-corrected chi connectivity index (χ3v) is 5.02. The van der Waals surface area contributed by atoms with E-state index in [1.165, 1.54) is 12.8 Å². The Labute approximate surface area is 144 Å². The first kappa shape index (κ1) is 14.7. The zero-order chi connectivity index (χ0) is 17.0. The number of pyridine rings is 1. The van der Waals surface area contributed by atoms with Crippen molar-refractivity contribution in [1.29, 1.82) is 0 Å². The van der Waals surface area contributed by atoms with Crippen LogP contribution in [-0.4, -0.2) is 34.5 Å². The van der Waals surface area contributed by atoms with Crippen LogP contribution in [0.2, 0.25) is 0 Å². The molecular formula is C19H19N3O3. The molecule has 0 saturated heterocycles. The molecule has 0 bridgehead atoms. The summed E-state index contributed by atoms with van der Waals surface area (Å²) >= 11 is 0. The van der Waals surface area contributed by atoms with E-state index in [9.17, 15) is 4.79 Å². The summed E-state index contributed by atoms with van der Waals surface area (Å²) in [5.41, 5.74) is 2.50. The molecule has 0 aromatic carbocycles. The highest BCUT2D eigenvalue weighted by Gasteiger charge is 2.32. The van der Waals surface area contributed by atoms with Crippen molar-refractivity contribution < 1.29 is 13.7 Å². The molecular weight excluding hydrogens is 318 g/mol. The first-order valence-electron chi connectivity index (χ1n) is 8.80. The molecule has 1 amide bonds. The van der Waals surface area contributed by atoms with Gasteiger partial charge in [-0.25, -0.2) is 4.98 Å². The second-order valence-corrected chi connectivity index (χ2v) is 7.19. The number of furan rings is 1. The van der Waals surface area contributed by atoms with Gasteiger partial charge < -0.3 is 13.8 Å². The topological polar surface area (TPSA) is 72.4 Å². The number of amides is 1. The van der Waals surface area contributed by atoms with E-state index in [4.69, 9.17) is 8.94 Å². The molecule has 2 fully saturated rings. The number of hydrogen-bond acceptors (Lipinski definition) is 5. The predicted molar refractivity (Wildman–Crippen MR) is 91.2 cm³/mol. The van der Waals surface area contributed by atoms with Gasteiger partial charge in [0.05, 0.1) is 17.2 Å². The predicted octanol–water partition coefficient (Wildman–Crippen LogP) is 3.84. The summed E-state index contributed by atoms with van der Waals surface area (Å²) in [4.78, 5) is 19.5. The van der Waals surface area contributed by atoms with Gasteiger partial charge in [-0.2, -0.15) is 0 Å². The van der Waals surface area contributed by atoms with Crippen molar-refractivity contribution in [3.8, 4) is 11.5 Å². The van der Waals surface area contributed by atoms with Gasteiger partial charge in [-0.05, 0) is 49.8 Å². The van der Waals surface area contributed by atoms with Crippen LogP contribution < -0.4 is 0 Å². The Hall–Kier alpha value is -2.63. The summed E-state index contributed by atoms with van der Waals surface area (Å²) in [6, 6.07) is 5.53. The highest BCUT2D eigenvalue weighted by molar-refractivity contribution is 6.09. The summed E-state index contributed by atoms with van der Waals surface area (Å²) in [5.74, 6) is 1.65. The second-order valence-electron chi connectivity index (χ2n) is 7.19. The van der Waals surface area contributed by atoms with Crippen molar-refractivity contribution in [2.75, 3.05) is 13.6 Å². The van der Waals surface area contributed by atoms with Crippen molar-refractivity contribution in [2.24, 2.45) is 5.92 Å². The standard InChI is InChI=1S/C19H19N3O3/c1-22(10-11-4-5-11)19(23)13-9-14(12-6-7-12)20-18-16(13)17(21-25-18)15-3-2-8-24-15/h2-3,8-9,11-12H,4-7,10H2,1H3. The van der Waals surface area contributed by atoms with Crippen LogP contribution in [0.4, 0.5) is 0 Å². The molecule has 2 aliphatic rings. The lowest BCUT2D eigenvalue weighted by Gasteiger charge is -2.17. The van der Waals surface area contributed by atoms with Gasteiger partial charge in [0.1, 0.15) is 0 Å². The van der Waals surface area contributed by atoms with E-state index < -0.39 is 0 Å². The largest absolute Gasteiger partial charge is 0.463 e. The van der Waals surface area contributed by atoms with Gasteiger partial charge in [0.2, 0.25) is 0 Å². The number of fused-ring (bicyclic) bond motifs is 1. The lowest BCUT2D eigenvalue weighted by molar-refractivity contribution is 0.0790. The van der Waals surface area contributed by atoms with Gasteiger partial charge in [-0.15, -0.1) is 0 Å². The number of carbonyl (C=O) groups is 1. The molecule has 25 heavy (non-hydrogen) atoms. The van der Waals surface area contributed by atoms with Crippen LogP contribution in [0.3, 0.4) is 0 Å². The minimum atomic E-state index is -0.00259. The smallest absolute Gasteiger partial charge is 0.259 e. The van der Waals surface area contributed by atoms with E-state index in [0.29, 0.717) is 40.0 Å². The SMILES string of the molecule is CN(CC1CC1)C(=O)c1cc(C2CC2)nc2onc(-c3ccco3)c12. The molecule has 128 valence electrons. The minimum absolute atomic E-state index is 0.00259. The minimum Gasteiger partial charge on any atom is -0.463 e. The fraction of sp³-hybridized carbons (Fsp3) is 0.421. The maximum absolute atomic E-state index is 13.1. The van der Waals surface area contributed by atoms with Gasteiger partial charge in [-0.1, -0.05) is 5.16 Å². The quantitative estimate of drug-likeness (QED) is 0.707. The summed E-state index contributed by atoms with van der Waals surface area (Å²) in [6.07, 6.45) is 6.23. The van der Waals surface area contributed by atoms with E-state index in [1.54, 1.807) is 12.3 Å². The van der Waals surface area contributed by atoms with Gasteiger partial charge in [0.15, 0.2) is 11.5 Å². The average Bonchev–Trinajstić information content (AvgIpc) is 3.53. The van der Waals surface area contributed by atoms with Crippen LogP contribution in [0, 0.1) is 5.92 Å². The highest BCUT2D eigenvalue weighted by Crippen LogP contribution is 2.41. The van der Waals surface area contributed by atoms with Crippen LogP contribution in [0.1, 0.15) is 47.7 Å². The Morgan fingerprint density at radius 2 is 2.16 bits per heavy atom. The molecule has 5 rings (SSSR count). The highest BCUT2D eigenvalue weighted by atomic mass is 16.5. The van der Waals surface area contributed by atoms with Crippen molar-refractivity contribution in [1.82, 2.24) is 15.0 Å². The van der Waals surface area contributed by atoms with Crippen molar-refractivity contribution >= 4 is 17.0 Å². The third kappa shape index (κ3) is 2.62. The molecule has 3 aromatic heterocycles. The molecule has 2 saturated carbocycles. The van der Waals surface area contributed by atoms with Crippen molar-refractivity contribution in [3.05, 3.63) is 35.7 Å². The number of rotatable bonds is 5. The third-order valence-electron chi connectivity index (χ3n) is 5.02. The lowest BCUT2D eigenvalue weighted by atomic mass is 10.1. The second kappa shape index (κ2) is 5.44. The Kier molecular flexibility index (Phi) is 3.20. The lowest BCUT2D eigenvalue weighted by Crippen LogP contribution is -2.29. The van der Waals surface area contributed by atoms with E-state index in [0.717, 1.165) is 25.1 Å². The zero-order valence-electron chi connectivity index (χ0n) is 14.1. The molecule has 2 aliphatic carbocycles. The first-order chi connectivity index (χ1) is 12.2. The zero-order valence-corrected chi connectivity index (χ0v) is 14.1. The fourth-order valence-corrected chi connectivity index (χ4v) is 3.28. The molecule has 6 nitrogen and oxygen atoms in total. The summed E-state index contributed by atoms with van der Waals surface area (Å²) in [6.45, 7) is 0.794. The van der Waals surface area contributed by atoms with Crippen LogP contribution in [0.5, 0.6) is 0 Å². The maximum atomic E-state index is 13.1. The molecule has 3 heterocycles. The van der Waals surface area contributed by atoms with E-state index in [-0.39, 0.29) is 5.91 Å². The summed E-state index contributed by atoms with van der Waals surface area (Å²) < 4.78 is 10.9. The molecule has 0 aliphatic heterocycles. The average molecular weight is 337 g/mol. The van der Waals surface area contributed by atoms with E-state index in [2.05, 4.69) is 10.1 Å². The molecule has 0 spiro atoms. The summed E-state index contributed by atoms with van der Waals surface area (Å²) in [5, 5.41) is 4.78. The molecule has 0 unspecified atom stereocenters. The Morgan fingerprint density at radius 1 is 1.32 bits per heavy atom. The number of aromatic nitrogens is 2. The van der Waals surface area contributed by atoms with Crippen LogP contribution in [0.15, 0.2) is 33.4 Å². The normalized spacial score (nSPS) is 17.2. The molecule has 0 N–H and O–H groups in total. The van der Waals surface area contributed by atoms with Crippen LogP contribution >= 0.6 is 0 Å². The maximum Gasteiger partial charge on any atom is 0.259 e. The van der Waals surface area contributed by atoms with E-state index >= 15 is 0 Å². The Morgan fingerprint density at radius 3 is 2.84 bits per heavy atom. The van der Waals surface area contributed by atoms with Crippen LogP contribution in [-0.2, 0) is 0 Å². The first-order valence-corrected chi connectivity index (χ1v) is 8.80. The van der Waals surface area contributed by atoms with Gasteiger partial charge in [0.25, 0.3) is 11.6 Å². The monoisotopic (exact) mass is 337 g/mol. The van der Waals surface area contributed by atoms with Crippen LogP contribution in [0.25, 0.3) is 22.6 Å². The number of nitrogens with zero attached hydrogens (tertiary/aromatic N) is 3. The van der Waals surface area contributed by atoms with Gasteiger partial charge in [-0.3, -0.25) is 4.79 Å². The fourth-order valence-electron chi connectivity index (χ4n) is 3.28. The van der Waals surface area contributed by atoms with Gasteiger partial charge >= 0.3 is 0 Å². The number of carbonyl (C=O) groups excluding carboxylic acids is 1. The van der Waals surface area contributed by atoms with Crippen molar-refractivity contribution in [3.63, 3.8) is 0 Å². The summed E-state index contributed by atoms with van der Waals surface area (Å²) in [7, 11) is 1.86. The molecule has 0 atom stereocenters. The molecule has 0 radical (unpaired) electrons. The number of hydrogen-bond donors (Lipinski definition) is 0.